The highest BCUT2D eigenvalue weighted by molar-refractivity contribution is 9.10. The number of urea groups is 1. The summed E-state index contributed by atoms with van der Waals surface area (Å²) in [7, 11) is 3.14. The van der Waals surface area contributed by atoms with Crippen LogP contribution in [0.3, 0.4) is 0 Å². The zero-order valence-electron chi connectivity index (χ0n) is 8.98. The molecule has 1 heterocycles. The second-order valence-electron chi connectivity index (χ2n) is 3.74. The fourth-order valence-corrected chi connectivity index (χ4v) is 2.07. The summed E-state index contributed by atoms with van der Waals surface area (Å²) in [6.45, 7) is 0. The van der Waals surface area contributed by atoms with Gasteiger partial charge in [-0.3, -0.25) is 9.69 Å². The molecule has 0 radical (unpaired) electrons. The summed E-state index contributed by atoms with van der Waals surface area (Å²) in [6.07, 6.45) is 0. The Hall–Kier alpha value is -1.36. The number of carbonyl (C=O) groups is 2. The largest absolute Gasteiger partial charge is 0.327 e. The summed E-state index contributed by atoms with van der Waals surface area (Å²) in [5.74, 6) is -0.185. The first-order valence-corrected chi connectivity index (χ1v) is 5.61. The summed E-state index contributed by atoms with van der Waals surface area (Å²) in [6, 6.07) is 6.65. The van der Waals surface area contributed by atoms with Crippen LogP contribution in [0.1, 0.15) is 11.6 Å². The van der Waals surface area contributed by atoms with E-state index < -0.39 is 6.04 Å². The van der Waals surface area contributed by atoms with E-state index in [1.165, 1.54) is 11.9 Å². The third kappa shape index (κ3) is 1.61. The van der Waals surface area contributed by atoms with Crippen molar-refractivity contribution in [1.82, 2.24) is 9.80 Å². The molecule has 1 aliphatic rings. The second-order valence-corrected chi connectivity index (χ2v) is 4.66. The van der Waals surface area contributed by atoms with E-state index in [-0.39, 0.29) is 11.9 Å². The van der Waals surface area contributed by atoms with Crippen molar-refractivity contribution in [3.63, 3.8) is 0 Å². The van der Waals surface area contributed by atoms with E-state index in [1.807, 2.05) is 24.3 Å². The standard InChI is InChI=1S/C11H11BrN2O2/c1-13-9(10(15)14(2)11(13)16)7-3-5-8(12)6-4-7/h3-6,9H,1-2H3. The Morgan fingerprint density at radius 3 is 2.12 bits per heavy atom. The molecular formula is C11H11BrN2O2. The maximum atomic E-state index is 11.9. The lowest BCUT2D eigenvalue weighted by Crippen LogP contribution is -2.27. The first kappa shape index (κ1) is 11.1. The van der Waals surface area contributed by atoms with Crippen molar-refractivity contribution in [3.05, 3.63) is 34.3 Å². The van der Waals surface area contributed by atoms with E-state index >= 15 is 0 Å². The van der Waals surface area contributed by atoms with E-state index in [1.54, 1.807) is 7.05 Å². The van der Waals surface area contributed by atoms with Gasteiger partial charge in [0.1, 0.15) is 6.04 Å². The van der Waals surface area contributed by atoms with E-state index in [0.717, 1.165) is 14.9 Å². The number of rotatable bonds is 1. The molecule has 1 atom stereocenters. The van der Waals surface area contributed by atoms with Crippen LogP contribution in [0.4, 0.5) is 4.79 Å². The summed E-state index contributed by atoms with van der Waals surface area (Å²) < 4.78 is 0.948. The van der Waals surface area contributed by atoms with Gasteiger partial charge < -0.3 is 4.90 Å². The van der Waals surface area contributed by atoms with Crippen LogP contribution in [0.5, 0.6) is 0 Å². The van der Waals surface area contributed by atoms with E-state index in [2.05, 4.69) is 15.9 Å². The molecule has 0 spiro atoms. The Morgan fingerprint density at radius 2 is 1.69 bits per heavy atom. The molecule has 16 heavy (non-hydrogen) atoms. The number of carbonyl (C=O) groups excluding carboxylic acids is 2. The smallest absolute Gasteiger partial charge is 0.311 e. The van der Waals surface area contributed by atoms with Crippen molar-refractivity contribution < 1.29 is 9.59 Å². The molecule has 1 aliphatic heterocycles. The van der Waals surface area contributed by atoms with Gasteiger partial charge in [0, 0.05) is 18.6 Å². The van der Waals surface area contributed by atoms with Gasteiger partial charge in [-0.25, -0.2) is 4.79 Å². The van der Waals surface area contributed by atoms with Crippen molar-refractivity contribution in [1.29, 1.82) is 0 Å². The molecular weight excluding hydrogens is 272 g/mol. The van der Waals surface area contributed by atoms with E-state index in [0.29, 0.717) is 0 Å². The zero-order chi connectivity index (χ0) is 11.9. The molecule has 5 heteroatoms. The topological polar surface area (TPSA) is 40.6 Å². The Morgan fingerprint density at radius 1 is 1.12 bits per heavy atom. The fourth-order valence-electron chi connectivity index (χ4n) is 1.80. The highest BCUT2D eigenvalue weighted by atomic mass is 79.9. The number of benzene rings is 1. The van der Waals surface area contributed by atoms with E-state index in [9.17, 15) is 9.59 Å². The Balaban J connectivity index is 2.38. The molecule has 84 valence electrons. The minimum Gasteiger partial charge on any atom is -0.311 e. The number of halogens is 1. The first-order chi connectivity index (χ1) is 7.52. The molecule has 1 aromatic rings. The van der Waals surface area contributed by atoms with Gasteiger partial charge in [0.15, 0.2) is 0 Å². The Labute approximate surface area is 102 Å². The molecule has 0 bridgehead atoms. The summed E-state index contributed by atoms with van der Waals surface area (Å²) in [5.41, 5.74) is 0.827. The van der Waals surface area contributed by atoms with E-state index in [4.69, 9.17) is 0 Å². The lowest BCUT2D eigenvalue weighted by Gasteiger charge is -2.16. The molecule has 1 saturated heterocycles. The first-order valence-electron chi connectivity index (χ1n) is 4.82. The fraction of sp³-hybridized carbons (Fsp3) is 0.273. The molecule has 0 aliphatic carbocycles. The van der Waals surface area contributed by atoms with Gasteiger partial charge in [-0.2, -0.15) is 0 Å². The molecule has 1 fully saturated rings. The molecule has 0 aromatic heterocycles. The normalized spacial score (nSPS) is 20.8. The van der Waals surface area contributed by atoms with Crippen LogP contribution < -0.4 is 0 Å². The predicted octanol–water partition coefficient (Wildman–Crippen LogP) is 2.01. The van der Waals surface area contributed by atoms with Gasteiger partial charge in [0.2, 0.25) is 0 Å². The van der Waals surface area contributed by atoms with Gasteiger partial charge in [-0.05, 0) is 17.7 Å². The predicted molar refractivity (Wildman–Crippen MR) is 62.8 cm³/mol. The van der Waals surface area contributed by atoms with Gasteiger partial charge in [-0.1, -0.05) is 28.1 Å². The zero-order valence-corrected chi connectivity index (χ0v) is 10.6. The van der Waals surface area contributed by atoms with Crippen LogP contribution in [0.15, 0.2) is 28.7 Å². The SMILES string of the molecule is CN1C(=O)C(c2ccc(Br)cc2)N(C)C1=O. The summed E-state index contributed by atoms with van der Waals surface area (Å²) in [4.78, 5) is 26.0. The summed E-state index contributed by atoms with van der Waals surface area (Å²) in [5, 5.41) is 0. The molecule has 1 aromatic carbocycles. The van der Waals surface area contributed by atoms with Gasteiger partial charge in [-0.15, -0.1) is 0 Å². The molecule has 4 nitrogen and oxygen atoms in total. The molecule has 0 N–H and O–H groups in total. The summed E-state index contributed by atoms with van der Waals surface area (Å²) >= 11 is 3.33. The number of hydrogen-bond donors (Lipinski definition) is 0. The molecule has 3 amide bonds. The average Bonchev–Trinajstić information content (AvgIpc) is 2.46. The minimum atomic E-state index is -0.495. The maximum absolute atomic E-state index is 11.9. The molecule has 1 unspecified atom stereocenters. The Kier molecular flexibility index (Phi) is 2.71. The van der Waals surface area contributed by atoms with Crippen LogP contribution in [-0.4, -0.2) is 35.8 Å². The van der Waals surface area contributed by atoms with Crippen molar-refractivity contribution in [2.75, 3.05) is 14.1 Å². The highest BCUT2D eigenvalue weighted by Gasteiger charge is 2.41. The van der Waals surface area contributed by atoms with Crippen molar-refractivity contribution in [2.45, 2.75) is 6.04 Å². The molecule has 0 saturated carbocycles. The number of amides is 3. The monoisotopic (exact) mass is 282 g/mol. The van der Waals surface area contributed by atoms with Crippen LogP contribution >= 0.6 is 15.9 Å². The second kappa shape index (κ2) is 3.90. The number of hydrogen-bond acceptors (Lipinski definition) is 2. The number of nitrogens with zero attached hydrogens (tertiary/aromatic N) is 2. The van der Waals surface area contributed by atoms with Crippen molar-refractivity contribution in [2.24, 2.45) is 0 Å². The number of likely N-dealkylation sites (N-methyl/N-ethyl adjacent to an activating group) is 2. The van der Waals surface area contributed by atoms with Crippen LogP contribution in [-0.2, 0) is 4.79 Å². The maximum Gasteiger partial charge on any atom is 0.327 e. The van der Waals surface area contributed by atoms with Gasteiger partial charge in [0.25, 0.3) is 5.91 Å². The van der Waals surface area contributed by atoms with Crippen LogP contribution in [0, 0.1) is 0 Å². The van der Waals surface area contributed by atoms with Crippen LogP contribution in [0.25, 0.3) is 0 Å². The van der Waals surface area contributed by atoms with Crippen LogP contribution in [0.2, 0.25) is 0 Å². The third-order valence-corrected chi connectivity index (χ3v) is 3.25. The lowest BCUT2D eigenvalue weighted by molar-refractivity contribution is -0.127. The number of imide groups is 1. The lowest BCUT2D eigenvalue weighted by atomic mass is 10.1. The quantitative estimate of drug-likeness (QED) is 0.740. The van der Waals surface area contributed by atoms with Gasteiger partial charge >= 0.3 is 6.03 Å². The molecule has 2 rings (SSSR count). The Bertz CT molecular complexity index is 444. The van der Waals surface area contributed by atoms with Crippen molar-refractivity contribution >= 4 is 27.9 Å². The minimum absolute atomic E-state index is 0.185. The third-order valence-electron chi connectivity index (χ3n) is 2.73. The average molecular weight is 283 g/mol. The van der Waals surface area contributed by atoms with Crippen molar-refractivity contribution in [3.8, 4) is 0 Å². The van der Waals surface area contributed by atoms with Gasteiger partial charge in [0.05, 0.1) is 0 Å². The highest BCUT2D eigenvalue weighted by Crippen LogP contribution is 2.29.